The molecule has 0 saturated heterocycles. The number of benzene rings is 1. The molecule has 7 heteroatoms. The Bertz CT molecular complexity index is 917. The van der Waals surface area contributed by atoms with Crippen LogP contribution in [0.2, 0.25) is 5.02 Å². The van der Waals surface area contributed by atoms with Gasteiger partial charge in [0.25, 0.3) is 5.56 Å². The van der Waals surface area contributed by atoms with E-state index in [0.29, 0.717) is 25.7 Å². The van der Waals surface area contributed by atoms with E-state index in [9.17, 15) is 9.59 Å². The molecule has 0 aliphatic rings. The Hall–Kier alpha value is -2.18. The number of nitrogens with one attached hydrogen (secondary N) is 1. The number of H-pyrrole nitrogens is 1. The lowest BCUT2D eigenvalue weighted by molar-refractivity contribution is 0.0478. The van der Waals surface area contributed by atoms with Gasteiger partial charge in [0.1, 0.15) is 16.3 Å². The Morgan fingerprint density at radius 3 is 3.00 bits per heavy atom. The minimum atomic E-state index is -0.472. The number of carbonyl (C=O) groups excluding carboxylic acids is 1. The zero-order valence-electron chi connectivity index (χ0n) is 11.6. The fourth-order valence-electron chi connectivity index (χ4n) is 2.11. The van der Waals surface area contributed by atoms with Crippen LogP contribution in [0.1, 0.15) is 20.8 Å². The molecular formula is C15H11ClN2O3S. The monoisotopic (exact) mass is 334 g/mol. The number of carbonyl (C=O) groups is 1. The number of ether oxygens (including phenoxy) is 1. The molecule has 0 aliphatic carbocycles. The Morgan fingerprint density at radius 1 is 1.45 bits per heavy atom. The predicted octanol–water partition coefficient (Wildman–Crippen LogP) is 3.30. The summed E-state index contributed by atoms with van der Waals surface area (Å²) in [4.78, 5) is 31.5. The summed E-state index contributed by atoms with van der Waals surface area (Å²) in [7, 11) is 0. The first-order valence-corrected chi connectivity index (χ1v) is 7.64. The summed E-state index contributed by atoms with van der Waals surface area (Å²) in [5.74, 6) is -0.472. The van der Waals surface area contributed by atoms with Crippen LogP contribution in [0.3, 0.4) is 0 Å². The largest absolute Gasteiger partial charge is 0.457 e. The van der Waals surface area contributed by atoms with Crippen LogP contribution in [0.5, 0.6) is 0 Å². The molecule has 0 amide bonds. The zero-order valence-corrected chi connectivity index (χ0v) is 13.1. The van der Waals surface area contributed by atoms with Crippen molar-refractivity contribution in [2.75, 3.05) is 0 Å². The number of rotatable bonds is 3. The van der Waals surface area contributed by atoms with Gasteiger partial charge in [0.05, 0.1) is 11.7 Å². The number of aromatic nitrogens is 2. The van der Waals surface area contributed by atoms with Gasteiger partial charge in [0.15, 0.2) is 0 Å². The number of esters is 1. The van der Waals surface area contributed by atoms with Gasteiger partial charge in [-0.1, -0.05) is 23.7 Å². The van der Waals surface area contributed by atoms with Crippen LogP contribution in [-0.2, 0) is 11.3 Å². The number of hydrogen-bond donors (Lipinski definition) is 1. The highest BCUT2D eigenvalue weighted by atomic mass is 35.5. The molecule has 0 atom stereocenters. The summed E-state index contributed by atoms with van der Waals surface area (Å²) in [6.07, 6.45) is 1.32. The minimum absolute atomic E-state index is 0.122. The smallest absolute Gasteiger partial charge is 0.349 e. The number of fused-ring (bicyclic) bond motifs is 1. The van der Waals surface area contributed by atoms with Crippen molar-refractivity contribution in [2.45, 2.75) is 13.5 Å². The fourth-order valence-corrected chi connectivity index (χ4v) is 3.37. The molecular weight excluding hydrogens is 324 g/mol. The van der Waals surface area contributed by atoms with Gasteiger partial charge >= 0.3 is 5.97 Å². The van der Waals surface area contributed by atoms with Gasteiger partial charge in [0, 0.05) is 5.02 Å². The van der Waals surface area contributed by atoms with Crippen molar-refractivity contribution >= 4 is 39.1 Å². The van der Waals surface area contributed by atoms with Crippen molar-refractivity contribution in [3.63, 3.8) is 0 Å². The van der Waals surface area contributed by atoms with Gasteiger partial charge in [-0.05, 0) is 30.2 Å². The number of nitrogens with zero attached hydrogens (tertiary/aromatic N) is 1. The maximum atomic E-state index is 12.2. The van der Waals surface area contributed by atoms with Crippen LogP contribution in [0, 0.1) is 6.92 Å². The standard InChI is InChI=1S/C15H11ClN2O3S/c1-8-11-13(19)17-7-18-14(11)22-12(8)15(20)21-6-9-3-2-4-10(16)5-9/h2-5,7H,6H2,1H3,(H,17,18,19). The highest BCUT2D eigenvalue weighted by Gasteiger charge is 2.19. The van der Waals surface area contributed by atoms with E-state index in [0.717, 1.165) is 16.9 Å². The van der Waals surface area contributed by atoms with Crippen molar-refractivity contribution < 1.29 is 9.53 Å². The molecule has 112 valence electrons. The van der Waals surface area contributed by atoms with E-state index in [-0.39, 0.29) is 12.2 Å². The molecule has 0 saturated carbocycles. The second-order valence-corrected chi connectivity index (χ2v) is 6.11. The van der Waals surface area contributed by atoms with E-state index in [1.165, 1.54) is 6.33 Å². The van der Waals surface area contributed by atoms with E-state index >= 15 is 0 Å². The molecule has 0 radical (unpaired) electrons. The number of aryl methyl sites for hydroxylation is 1. The Morgan fingerprint density at radius 2 is 2.27 bits per heavy atom. The molecule has 0 fully saturated rings. The van der Waals surface area contributed by atoms with Crippen molar-refractivity contribution in [3.8, 4) is 0 Å². The third kappa shape index (κ3) is 2.75. The molecule has 1 aromatic carbocycles. The molecule has 3 aromatic rings. The topological polar surface area (TPSA) is 72.0 Å². The molecule has 2 heterocycles. The Labute approximate surface area is 134 Å². The summed E-state index contributed by atoms with van der Waals surface area (Å²) in [5.41, 5.74) is 1.13. The van der Waals surface area contributed by atoms with Crippen LogP contribution in [0.4, 0.5) is 0 Å². The SMILES string of the molecule is Cc1c(C(=O)OCc2cccc(Cl)c2)sc2nc[nH]c(=O)c12. The molecule has 3 rings (SSSR count). The maximum absolute atomic E-state index is 12.2. The highest BCUT2D eigenvalue weighted by Crippen LogP contribution is 2.27. The normalized spacial score (nSPS) is 10.8. The van der Waals surface area contributed by atoms with Crippen molar-refractivity contribution in [2.24, 2.45) is 0 Å². The average Bonchev–Trinajstić information content (AvgIpc) is 2.83. The predicted molar refractivity (Wildman–Crippen MR) is 85.5 cm³/mol. The number of thiophene rings is 1. The quantitative estimate of drug-likeness (QED) is 0.746. The first-order chi connectivity index (χ1) is 10.6. The van der Waals surface area contributed by atoms with Crippen LogP contribution in [0.15, 0.2) is 35.4 Å². The Kier molecular flexibility index (Phi) is 3.96. The van der Waals surface area contributed by atoms with Crippen LogP contribution < -0.4 is 5.56 Å². The van der Waals surface area contributed by atoms with Gasteiger partial charge in [-0.25, -0.2) is 9.78 Å². The van der Waals surface area contributed by atoms with Crippen molar-refractivity contribution in [1.29, 1.82) is 0 Å². The third-order valence-corrected chi connectivity index (χ3v) is 4.59. The summed E-state index contributed by atoms with van der Waals surface area (Å²) in [6.45, 7) is 1.84. The molecule has 0 spiro atoms. The third-order valence-electron chi connectivity index (χ3n) is 3.18. The van der Waals surface area contributed by atoms with E-state index < -0.39 is 5.97 Å². The molecule has 2 aromatic heterocycles. The lowest BCUT2D eigenvalue weighted by Gasteiger charge is -2.04. The minimum Gasteiger partial charge on any atom is -0.457 e. The molecule has 0 unspecified atom stereocenters. The van der Waals surface area contributed by atoms with E-state index in [1.54, 1.807) is 25.1 Å². The summed E-state index contributed by atoms with van der Waals surface area (Å²) < 4.78 is 5.29. The number of halogens is 1. The number of aromatic amines is 1. The lowest BCUT2D eigenvalue weighted by atomic mass is 10.2. The summed E-state index contributed by atoms with van der Waals surface area (Å²) in [6, 6.07) is 7.10. The zero-order chi connectivity index (χ0) is 15.7. The molecule has 5 nitrogen and oxygen atoms in total. The van der Waals surface area contributed by atoms with Gasteiger partial charge in [-0.3, -0.25) is 4.79 Å². The second-order valence-electron chi connectivity index (χ2n) is 4.67. The van der Waals surface area contributed by atoms with Gasteiger partial charge in [-0.2, -0.15) is 0 Å². The molecule has 22 heavy (non-hydrogen) atoms. The van der Waals surface area contributed by atoms with Crippen LogP contribution in [-0.4, -0.2) is 15.9 Å². The van der Waals surface area contributed by atoms with Crippen LogP contribution >= 0.6 is 22.9 Å². The van der Waals surface area contributed by atoms with Gasteiger partial charge in [0.2, 0.25) is 0 Å². The van der Waals surface area contributed by atoms with Crippen molar-refractivity contribution in [3.05, 3.63) is 62.0 Å². The number of hydrogen-bond acceptors (Lipinski definition) is 5. The first kappa shape index (κ1) is 14.7. The second kappa shape index (κ2) is 5.90. The van der Waals surface area contributed by atoms with Crippen molar-refractivity contribution in [1.82, 2.24) is 9.97 Å². The summed E-state index contributed by atoms with van der Waals surface area (Å²) in [5, 5.41) is 1.02. The highest BCUT2D eigenvalue weighted by molar-refractivity contribution is 7.20. The average molecular weight is 335 g/mol. The van der Waals surface area contributed by atoms with E-state index in [2.05, 4.69) is 9.97 Å². The first-order valence-electron chi connectivity index (χ1n) is 6.44. The molecule has 1 N–H and O–H groups in total. The molecule has 0 bridgehead atoms. The molecule has 0 aliphatic heterocycles. The maximum Gasteiger partial charge on any atom is 0.349 e. The van der Waals surface area contributed by atoms with Crippen LogP contribution in [0.25, 0.3) is 10.2 Å². The Balaban J connectivity index is 1.85. The van der Waals surface area contributed by atoms with Gasteiger partial charge in [-0.15, -0.1) is 11.3 Å². The van der Waals surface area contributed by atoms with Gasteiger partial charge < -0.3 is 9.72 Å². The summed E-state index contributed by atoms with van der Waals surface area (Å²) >= 11 is 7.04. The van der Waals surface area contributed by atoms with E-state index in [4.69, 9.17) is 16.3 Å². The fraction of sp³-hybridized carbons (Fsp3) is 0.133. The van der Waals surface area contributed by atoms with E-state index in [1.807, 2.05) is 6.07 Å². The lowest BCUT2D eigenvalue weighted by Crippen LogP contribution is -2.07.